The van der Waals surface area contributed by atoms with Crippen molar-refractivity contribution in [3.63, 3.8) is 0 Å². The third-order valence-corrected chi connectivity index (χ3v) is 15.3. The van der Waals surface area contributed by atoms with Gasteiger partial charge in [-0.2, -0.15) is 0 Å². The van der Waals surface area contributed by atoms with Gasteiger partial charge >= 0.3 is 14.8 Å². The number of aliphatic carboxylic acids is 1. The lowest BCUT2D eigenvalue weighted by Gasteiger charge is -2.44. The van der Waals surface area contributed by atoms with Gasteiger partial charge in [-0.15, -0.1) is 0 Å². The second kappa shape index (κ2) is 13.6. The minimum atomic E-state index is -2.65. The Bertz CT molecular complexity index is 517. The Morgan fingerprint density at radius 2 is 1.34 bits per heavy atom. The molecule has 0 saturated heterocycles. The highest BCUT2D eigenvalue weighted by atomic mass is 28.4. The van der Waals surface area contributed by atoms with Gasteiger partial charge < -0.3 is 22.8 Å². The van der Waals surface area contributed by atoms with E-state index in [2.05, 4.69) is 67.2 Å². The molecular weight excluding hydrogens is 442 g/mol. The van der Waals surface area contributed by atoms with Crippen molar-refractivity contribution in [1.82, 2.24) is 4.90 Å². The summed E-state index contributed by atoms with van der Waals surface area (Å²) >= 11 is 0. The van der Waals surface area contributed by atoms with Gasteiger partial charge in [-0.3, -0.25) is 4.90 Å². The molecule has 1 N–H and O–H groups in total. The minimum absolute atomic E-state index is 0.0317. The maximum atomic E-state index is 12.3. The maximum absolute atomic E-state index is 12.3. The predicted molar refractivity (Wildman–Crippen MR) is 136 cm³/mol. The van der Waals surface area contributed by atoms with E-state index in [4.69, 9.17) is 17.7 Å². The molecule has 0 aromatic heterocycles. The average molecular weight is 494 g/mol. The Hall–Kier alpha value is -0.296. The van der Waals surface area contributed by atoms with Crippen LogP contribution in [0.3, 0.4) is 0 Å². The van der Waals surface area contributed by atoms with E-state index in [0.717, 1.165) is 19.5 Å². The van der Waals surface area contributed by atoms with Gasteiger partial charge in [-0.25, -0.2) is 4.79 Å². The molecule has 0 radical (unpaired) electrons. The SMILES string of the molecule is CO[Si](CCCN(CC(O[Si](C(C)C)(C(C)C)C(C)C)C(=O)O)CC(C)(C)C)(OC)OC. The van der Waals surface area contributed by atoms with Crippen LogP contribution in [-0.2, 0) is 22.5 Å². The first-order valence-corrected chi connectivity index (χ1v) is 16.0. The van der Waals surface area contributed by atoms with Crippen LogP contribution in [0, 0.1) is 5.41 Å². The van der Waals surface area contributed by atoms with Gasteiger partial charge in [0.15, 0.2) is 6.10 Å². The Kier molecular flexibility index (Phi) is 13.4. The summed E-state index contributed by atoms with van der Waals surface area (Å²) in [6, 6.07) is 0.679. The fourth-order valence-corrected chi connectivity index (χ4v) is 12.2. The molecule has 0 amide bonds. The summed E-state index contributed by atoms with van der Waals surface area (Å²) in [5.41, 5.74) is 1.02. The summed E-state index contributed by atoms with van der Waals surface area (Å²) < 4.78 is 23.3. The number of hydrogen-bond donors (Lipinski definition) is 1. The van der Waals surface area contributed by atoms with Crippen molar-refractivity contribution in [3.05, 3.63) is 0 Å². The van der Waals surface area contributed by atoms with Crippen molar-refractivity contribution < 1.29 is 27.6 Å². The monoisotopic (exact) mass is 493 g/mol. The summed E-state index contributed by atoms with van der Waals surface area (Å²) in [6.45, 7) is 21.5. The standard InChI is InChI=1S/C23H51NO6Si2/c1-18(2)32(19(3)4,20(5)6)30-21(22(25)26)16-24(17-23(7,8)9)14-13-15-31(27-10,28-11)29-12/h18-21H,13-17H2,1-12H3,(H,25,26). The lowest BCUT2D eigenvalue weighted by molar-refractivity contribution is -0.147. The molecule has 0 aromatic rings. The summed E-state index contributed by atoms with van der Waals surface area (Å²) in [5.74, 6) is -0.878. The van der Waals surface area contributed by atoms with Crippen LogP contribution in [0.2, 0.25) is 22.7 Å². The van der Waals surface area contributed by atoms with Crippen LogP contribution in [0.5, 0.6) is 0 Å². The smallest absolute Gasteiger partial charge is 0.479 e. The van der Waals surface area contributed by atoms with E-state index in [9.17, 15) is 9.90 Å². The zero-order valence-electron chi connectivity index (χ0n) is 22.8. The zero-order valence-corrected chi connectivity index (χ0v) is 24.8. The molecule has 9 heteroatoms. The zero-order chi connectivity index (χ0) is 25.3. The van der Waals surface area contributed by atoms with E-state index >= 15 is 0 Å². The number of carboxylic acids is 1. The van der Waals surface area contributed by atoms with Gasteiger partial charge in [0, 0.05) is 40.5 Å². The molecule has 0 aliphatic rings. The second-order valence-corrected chi connectivity index (χ2v) is 19.5. The van der Waals surface area contributed by atoms with Crippen molar-refractivity contribution in [3.8, 4) is 0 Å². The second-order valence-electron chi connectivity index (χ2n) is 11.0. The highest BCUT2D eigenvalue weighted by Crippen LogP contribution is 2.43. The van der Waals surface area contributed by atoms with Crippen molar-refractivity contribution >= 4 is 23.1 Å². The maximum Gasteiger partial charge on any atom is 0.500 e. The third kappa shape index (κ3) is 9.15. The number of hydrogen-bond acceptors (Lipinski definition) is 6. The predicted octanol–water partition coefficient (Wildman–Crippen LogP) is 5.25. The molecule has 0 aromatic carbocycles. The Morgan fingerprint density at radius 1 is 0.906 bits per heavy atom. The molecule has 0 saturated carbocycles. The quantitative estimate of drug-likeness (QED) is 0.294. The molecular formula is C23H51NO6Si2. The fourth-order valence-electron chi connectivity index (χ4n) is 5.04. The highest BCUT2D eigenvalue weighted by molar-refractivity contribution is 6.77. The van der Waals surface area contributed by atoms with E-state index in [-0.39, 0.29) is 5.41 Å². The van der Waals surface area contributed by atoms with Crippen LogP contribution in [-0.4, -0.2) is 80.2 Å². The molecule has 0 rings (SSSR count). The van der Waals surface area contributed by atoms with Crippen LogP contribution in [0.4, 0.5) is 0 Å². The topological polar surface area (TPSA) is 77.5 Å². The molecule has 1 atom stereocenters. The number of carboxylic acid groups (broad SMARTS) is 1. The molecule has 192 valence electrons. The molecule has 0 spiro atoms. The summed E-state index contributed by atoms with van der Waals surface area (Å²) in [6.07, 6.45) is -0.0452. The van der Waals surface area contributed by atoms with E-state index in [1.165, 1.54) is 0 Å². The van der Waals surface area contributed by atoms with E-state index in [1.807, 2.05) is 0 Å². The van der Waals surface area contributed by atoms with Crippen LogP contribution in [0.1, 0.15) is 68.7 Å². The van der Waals surface area contributed by atoms with Crippen LogP contribution < -0.4 is 0 Å². The van der Waals surface area contributed by atoms with Crippen LogP contribution in [0.25, 0.3) is 0 Å². The van der Waals surface area contributed by atoms with Crippen molar-refractivity contribution in [2.24, 2.45) is 5.41 Å². The lowest BCUT2D eigenvalue weighted by atomic mass is 9.96. The highest BCUT2D eigenvalue weighted by Gasteiger charge is 2.48. The molecule has 32 heavy (non-hydrogen) atoms. The molecule has 0 aliphatic heterocycles. The molecule has 7 nitrogen and oxygen atoms in total. The molecule has 0 heterocycles. The minimum Gasteiger partial charge on any atom is -0.479 e. The van der Waals surface area contributed by atoms with Crippen molar-refractivity contribution in [2.75, 3.05) is 41.0 Å². The Morgan fingerprint density at radius 3 is 1.66 bits per heavy atom. The Balaban J connectivity index is 5.68. The van der Waals surface area contributed by atoms with E-state index in [1.54, 1.807) is 21.3 Å². The fraction of sp³-hybridized carbons (Fsp3) is 0.957. The molecule has 0 aliphatic carbocycles. The largest absolute Gasteiger partial charge is 0.500 e. The first-order valence-electron chi connectivity index (χ1n) is 11.9. The van der Waals surface area contributed by atoms with E-state index < -0.39 is 29.2 Å². The third-order valence-electron chi connectivity index (χ3n) is 6.34. The molecule has 0 bridgehead atoms. The van der Waals surface area contributed by atoms with Crippen LogP contribution in [0.15, 0.2) is 0 Å². The van der Waals surface area contributed by atoms with Gasteiger partial charge in [0.1, 0.15) is 0 Å². The average Bonchev–Trinajstić information content (AvgIpc) is 2.66. The number of nitrogens with zero attached hydrogens (tertiary/aromatic N) is 1. The summed E-state index contributed by atoms with van der Waals surface area (Å²) in [5, 5.41) is 10.1. The van der Waals surface area contributed by atoms with Crippen molar-refractivity contribution in [2.45, 2.75) is 97.5 Å². The normalized spacial score (nSPS) is 14.8. The first kappa shape index (κ1) is 31.7. The summed E-state index contributed by atoms with van der Waals surface area (Å²) in [7, 11) is -0.115. The van der Waals surface area contributed by atoms with Gasteiger partial charge in [0.25, 0.3) is 0 Å². The first-order chi connectivity index (χ1) is 14.6. The molecule has 0 fully saturated rings. The number of rotatable bonds is 16. The van der Waals surface area contributed by atoms with Gasteiger partial charge in [0.05, 0.1) is 0 Å². The summed E-state index contributed by atoms with van der Waals surface area (Å²) in [4.78, 5) is 14.6. The van der Waals surface area contributed by atoms with Gasteiger partial charge in [-0.1, -0.05) is 62.3 Å². The Labute approximate surface area is 199 Å². The van der Waals surface area contributed by atoms with E-state index in [0.29, 0.717) is 29.2 Å². The van der Waals surface area contributed by atoms with Gasteiger partial charge in [0.2, 0.25) is 8.32 Å². The number of carbonyl (C=O) groups is 1. The van der Waals surface area contributed by atoms with Crippen LogP contribution >= 0.6 is 0 Å². The van der Waals surface area contributed by atoms with Crippen molar-refractivity contribution in [1.29, 1.82) is 0 Å². The van der Waals surface area contributed by atoms with Gasteiger partial charge in [-0.05, 0) is 35.0 Å². The lowest BCUT2D eigenvalue weighted by Crippen LogP contribution is -2.54. The molecule has 1 unspecified atom stereocenters.